The van der Waals surface area contributed by atoms with Gasteiger partial charge in [0.25, 0.3) is 5.91 Å². The topological polar surface area (TPSA) is 113 Å². The van der Waals surface area contributed by atoms with Gasteiger partial charge in [0.1, 0.15) is 0 Å². The molecule has 9 heteroatoms. The first kappa shape index (κ1) is 19.2. The molecule has 0 spiro atoms. The zero-order valence-corrected chi connectivity index (χ0v) is 17.4. The minimum absolute atomic E-state index is 0.0616. The van der Waals surface area contributed by atoms with Gasteiger partial charge >= 0.3 is 0 Å². The van der Waals surface area contributed by atoms with Crippen LogP contribution < -0.4 is 16.0 Å². The number of benzene rings is 1. The molecule has 1 saturated heterocycles. The minimum Gasteiger partial charge on any atom is -0.351 e. The first-order chi connectivity index (χ1) is 15.0. The second-order valence-corrected chi connectivity index (χ2v) is 8.07. The Balaban J connectivity index is 1.51. The van der Waals surface area contributed by atoms with Crippen LogP contribution in [0.25, 0.3) is 11.7 Å². The molecule has 1 aromatic carbocycles. The van der Waals surface area contributed by atoms with Crippen molar-refractivity contribution < 1.29 is 9.59 Å². The highest BCUT2D eigenvalue weighted by Crippen LogP contribution is 2.26. The lowest BCUT2D eigenvalue weighted by atomic mass is 10.0. The molecule has 0 atom stereocenters. The van der Waals surface area contributed by atoms with Crippen LogP contribution in [-0.4, -0.2) is 37.4 Å². The van der Waals surface area contributed by atoms with E-state index in [0.29, 0.717) is 41.3 Å². The molecule has 1 aliphatic carbocycles. The van der Waals surface area contributed by atoms with Gasteiger partial charge in [-0.1, -0.05) is 18.2 Å². The van der Waals surface area contributed by atoms with Crippen molar-refractivity contribution in [2.75, 3.05) is 10.6 Å². The van der Waals surface area contributed by atoms with E-state index in [2.05, 4.69) is 57.0 Å². The second-order valence-electron chi connectivity index (χ2n) is 8.07. The van der Waals surface area contributed by atoms with Crippen LogP contribution in [0.15, 0.2) is 30.0 Å². The Hall–Kier alpha value is -3.75. The molecule has 0 unspecified atom stereocenters. The molecular formula is C22H23N7O2. The van der Waals surface area contributed by atoms with Gasteiger partial charge in [-0.25, -0.2) is 0 Å². The molecule has 31 heavy (non-hydrogen) atoms. The molecule has 3 heterocycles. The number of rotatable bonds is 6. The average Bonchev–Trinajstić information content (AvgIpc) is 3.36. The Morgan fingerprint density at radius 2 is 1.97 bits per heavy atom. The van der Waals surface area contributed by atoms with E-state index in [-0.39, 0.29) is 18.2 Å². The van der Waals surface area contributed by atoms with Crippen molar-refractivity contribution in [1.82, 2.24) is 24.9 Å². The van der Waals surface area contributed by atoms with E-state index >= 15 is 0 Å². The Morgan fingerprint density at radius 3 is 2.65 bits per heavy atom. The summed E-state index contributed by atoms with van der Waals surface area (Å²) in [7, 11) is 0. The maximum Gasteiger partial charge on any atom is 0.254 e. The molecule has 2 amide bonds. The van der Waals surface area contributed by atoms with Crippen LogP contribution in [0.1, 0.15) is 41.5 Å². The smallest absolute Gasteiger partial charge is 0.254 e. The van der Waals surface area contributed by atoms with Gasteiger partial charge in [0, 0.05) is 23.7 Å². The summed E-state index contributed by atoms with van der Waals surface area (Å²) in [5.74, 6) is 0.413. The van der Waals surface area contributed by atoms with Crippen molar-refractivity contribution in [2.24, 2.45) is 0 Å². The van der Waals surface area contributed by atoms with Gasteiger partial charge in [-0.3, -0.25) is 14.9 Å². The lowest BCUT2D eigenvalue weighted by Gasteiger charge is -2.13. The third kappa shape index (κ3) is 3.86. The van der Waals surface area contributed by atoms with Gasteiger partial charge in [-0.15, -0.1) is 0 Å². The summed E-state index contributed by atoms with van der Waals surface area (Å²) >= 11 is 0. The van der Waals surface area contributed by atoms with Crippen LogP contribution in [0.3, 0.4) is 0 Å². The van der Waals surface area contributed by atoms with E-state index in [0.717, 1.165) is 12.8 Å². The molecular weight excluding hydrogens is 394 g/mol. The molecule has 3 aromatic rings. The third-order valence-electron chi connectivity index (χ3n) is 5.60. The molecule has 9 nitrogen and oxygen atoms in total. The molecule has 1 saturated carbocycles. The average molecular weight is 417 g/mol. The highest BCUT2D eigenvalue weighted by Gasteiger charge is 2.26. The van der Waals surface area contributed by atoms with Crippen LogP contribution in [-0.2, 0) is 16.1 Å². The number of hydrogen-bond donors (Lipinski definition) is 3. The SMILES string of the molecule is Cc1cccc(C)c1CNc1nc(NC2CC2)n2ncc(/C=C3\CC(=O)NC3=O)c2n1. The molecule has 0 radical (unpaired) electrons. The van der Waals surface area contributed by atoms with E-state index in [9.17, 15) is 9.59 Å². The number of nitrogens with one attached hydrogen (secondary N) is 3. The van der Waals surface area contributed by atoms with Gasteiger partial charge in [0.05, 0.1) is 12.6 Å². The summed E-state index contributed by atoms with van der Waals surface area (Å²) in [6, 6.07) is 6.60. The molecule has 2 aromatic heterocycles. The number of nitrogens with zero attached hydrogens (tertiary/aromatic N) is 4. The first-order valence-corrected chi connectivity index (χ1v) is 10.3. The summed E-state index contributed by atoms with van der Waals surface area (Å²) < 4.78 is 1.64. The van der Waals surface area contributed by atoms with Crippen LogP contribution in [0, 0.1) is 13.8 Å². The maximum absolute atomic E-state index is 12.0. The number of anilines is 2. The summed E-state index contributed by atoms with van der Waals surface area (Å²) in [6.45, 7) is 4.77. The number of carbonyl (C=O) groups is 2. The number of aromatic nitrogens is 4. The highest BCUT2D eigenvalue weighted by molar-refractivity contribution is 6.15. The summed E-state index contributed by atoms with van der Waals surface area (Å²) in [6.07, 6.45) is 5.56. The molecule has 1 aliphatic heterocycles. The zero-order chi connectivity index (χ0) is 21.5. The quantitative estimate of drug-likeness (QED) is 0.417. The fourth-order valence-corrected chi connectivity index (χ4v) is 3.68. The number of aryl methyl sites for hydroxylation is 2. The van der Waals surface area contributed by atoms with Crippen molar-refractivity contribution in [3.05, 3.63) is 52.2 Å². The monoisotopic (exact) mass is 417 g/mol. The van der Waals surface area contributed by atoms with Gasteiger partial charge in [-0.2, -0.15) is 19.6 Å². The second kappa shape index (κ2) is 7.50. The van der Waals surface area contributed by atoms with Crippen LogP contribution >= 0.6 is 0 Å². The van der Waals surface area contributed by atoms with E-state index < -0.39 is 0 Å². The van der Waals surface area contributed by atoms with Crippen LogP contribution in [0.5, 0.6) is 0 Å². The van der Waals surface area contributed by atoms with Crippen molar-refractivity contribution in [2.45, 2.75) is 45.7 Å². The van der Waals surface area contributed by atoms with Crippen LogP contribution in [0.4, 0.5) is 11.9 Å². The fraction of sp³-hybridized carbons (Fsp3) is 0.318. The Kier molecular flexibility index (Phi) is 4.65. The minimum atomic E-state index is -0.372. The lowest BCUT2D eigenvalue weighted by Crippen LogP contribution is -2.19. The Bertz CT molecular complexity index is 1220. The largest absolute Gasteiger partial charge is 0.351 e. The Morgan fingerprint density at radius 1 is 1.19 bits per heavy atom. The summed E-state index contributed by atoms with van der Waals surface area (Å²) in [5.41, 5.74) is 5.26. The standard InChI is InChI=1S/C22H23N7O2/c1-12-4-3-5-13(2)17(12)11-23-21-27-19-15(8-14-9-18(30)26-20(14)31)10-24-29(19)22(28-21)25-16-6-7-16/h3-5,8,10,16H,6-7,9,11H2,1-2H3,(H,26,30,31)(H2,23,25,27,28)/b14-8+. The number of amides is 2. The van der Waals surface area contributed by atoms with E-state index in [4.69, 9.17) is 0 Å². The fourth-order valence-electron chi connectivity index (χ4n) is 3.68. The van der Waals surface area contributed by atoms with Gasteiger partial charge < -0.3 is 10.6 Å². The number of fused-ring (bicyclic) bond motifs is 1. The Labute approximate surface area is 179 Å². The van der Waals surface area contributed by atoms with Crippen molar-refractivity contribution in [3.8, 4) is 0 Å². The number of carbonyl (C=O) groups excluding carboxylic acids is 2. The lowest BCUT2D eigenvalue weighted by molar-refractivity contribution is -0.124. The zero-order valence-electron chi connectivity index (χ0n) is 17.4. The van der Waals surface area contributed by atoms with Crippen molar-refractivity contribution >= 4 is 35.4 Å². The van der Waals surface area contributed by atoms with Crippen molar-refractivity contribution in [1.29, 1.82) is 0 Å². The predicted molar refractivity (Wildman–Crippen MR) is 116 cm³/mol. The van der Waals surface area contributed by atoms with E-state index in [1.54, 1.807) is 16.8 Å². The molecule has 2 fully saturated rings. The summed E-state index contributed by atoms with van der Waals surface area (Å²) in [4.78, 5) is 32.8. The highest BCUT2D eigenvalue weighted by atomic mass is 16.2. The normalized spacial score (nSPS) is 17.4. The number of hydrogen-bond acceptors (Lipinski definition) is 7. The first-order valence-electron chi connectivity index (χ1n) is 10.3. The van der Waals surface area contributed by atoms with E-state index in [1.807, 2.05) is 6.07 Å². The van der Waals surface area contributed by atoms with Gasteiger partial charge in [0.2, 0.25) is 17.8 Å². The van der Waals surface area contributed by atoms with Gasteiger partial charge in [-0.05, 0) is 49.5 Å². The molecule has 2 aliphatic rings. The number of imide groups is 1. The molecule has 5 rings (SSSR count). The molecule has 3 N–H and O–H groups in total. The predicted octanol–water partition coefficient (Wildman–Crippen LogP) is 2.36. The van der Waals surface area contributed by atoms with E-state index in [1.165, 1.54) is 16.7 Å². The van der Waals surface area contributed by atoms with Crippen LogP contribution in [0.2, 0.25) is 0 Å². The molecule has 0 bridgehead atoms. The molecule has 158 valence electrons. The van der Waals surface area contributed by atoms with Gasteiger partial charge in [0.15, 0.2) is 5.65 Å². The van der Waals surface area contributed by atoms with Crippen molar-refractivity contribution in [3.63, 3.8) is 0 Å². The third-order valence-corrected chi connectivity index (χ3v) is 5.60. The maximum atomic E-state index is 12.0. The summed E-state index contributed by atoms with van der Waals surface area (Å²) in [5, 5.41) is 13.5.